The molecule has 1 aliphatic rings. The van der Waals surface area contributed by atoms with Crippen LogP contribution in [0.25, 0.3) is 0 Å². The first-order valence-electron chi connectivity index (χ1n) is 9.42. The first-order valence-corrected chi connectivity index (χ1v) is 10.9. The number of nitrogens with zero attached hydrogens (tertiary/aromatic N) is 1. The molecule has 30 heavy (non-hydrogen) atoms. The van der Waals surface area contributed by atoms with Crippen LogP contribution in [0.1, 0.15) is 29.6 Å². The van der Waals surface area contributed by atoms with Gasteiger partial charge in [-0.05, 0) is 55.2 Å². The Bertz CT molecular complexity index is 983. The normalized spacial score (nSPS) is 17.3. The van der Waals surface area contributed by atoms with Crippen molar-refractivity contribution in [1.29, 1.82) is 0 Å². The van der Waals surface area contributed by atoms with Gasteiger partial charge in [-0.3, -0.25) is 15.0 Å². The Hall–Kier alpha value is -2.82. The van der Waals surface area contributed by atoms with Crippen molar-refractivity contribution in [3.05, 3.63) is 66.0 Å². The molecule has 0 radical (unpaired) electrons. The second kappa shape index (κ2) is 9.79. The van der Waals surface area contributed by atoms with Crippen molar-refractivity contribution in [2.45, 2.75) is 24.2 Å². The molecule has 0 aromatic heterocycles. The van der Waals surface area contributed by atoms with Gasteiger partial charge in [-0.25, -0.2) is 12.8 Å². The van der Waals surface area contributed by atoms with E-state index in [0.29, 0.717) is 24.9 Å². The average molecular weight is 435 g/mol. The van der Waals surface area contributed by atoms with E-state index < -0.39 is 27.7 Å². The molecule has 0 saturated carbocycles. The van der Waals surface area contributed by atoms with E-state index in [4.69, 9.17) is 4.84 Å². The third kappa shape index (κ3) is 5.62. The third-order valence-electron chi connectivity index (χ3n) is 4.75. The van der Waals surface area contributed by atoms with Gasteiger partial charge >= 0.3 is 5.97 Å². The number of hydrazine groups is 1. The highest BCUT2D eigenvalue weighted by Gasteiger charge is 2.31. The van der Waals surface area contributed by atoms with Crippen molar-refractivity contribution in [2.24, 2.45) is 5.92 Å². The second-order valence-corrected chi connectivity index (χ2v) is 8.86. The predicted octanol–water partition coefficient (Wildman–Crippen LogP) is 2.01. The van der Waals surface area contributed by atoms with Crippen molar-refractivity contribution in [1.82, 2.24) is 15.3 Å². The van der Waals surface area contributed by atoms with Crippen LogP contribution in [0.4, 0.5) is 4.39 Å². The van der Waals surface area contributed by atoms with E-state index in [1.807, 2.05) is 0 Å². The van der Waals surface area contributed by atoms with Crippen LogP contribution in [0.15, 0.2) is 59.5 Å². The third-order valence-corrected chi connectivity index (χ3v) is 6.63. The summed E-state index contributed by atoms with van der Waals surface area (Å²) in [6, 6.07) is 13.0. The number of halogens is 1. The van der Waals surface area contributed by atoms with Crippen LogP contribution >= 0.6 is 0 Å². The molecule has 1 unspecified atom stereocenters. The Kier molecular flexibility index (Phi) is 7.14. The lowest BCUT2D eigenvalue weighted by atomic mass is 9.96. The highest BCUT2D eigenvalue weighted by molar-refractivity contribution is 7.89. The van der Waals surface area contributed by atoms with E-state index in [9.17, 15) is 22.4 Å². The van der Waals surface area contributed by atoms with Crippen molar-refractivity contribution >= 4 is 21.9 Å². The maximum absolute atomic E-state index is 13.1. The number of hydrogen-bond acceptors (Lipinski definition) is 6. The van der Waals surface area contributed by atoms with E-state index in [1.165, 1.54) is 16.4 Å². The maximum atomic E-state index is 13.1. The van der Waals surface area contributed by atoms with Gasteiger partial charge in [-0.1, -0.05) is 23.8 Å². The fourth-order valence-corrected chi connectivity index (χ4v) is 4.79. The van der Waals surface area contributed by atoms with Crippen LogP contribution < -0.4 is 11.0 Å². The molecule has 0 aliphatic carbocycles. The summed E-state index contributed by atoms with van der Waals surface area (Å²) in [5.74, 6) is -1.82. The minimum atomic E-state index is -3.76. The minimum Gasteiger partial charge on any atom is -0.351 e. The zero-order valence-corrected chi connectivity index (χ0v) is 16.9. The summed E-state index contributed by atoms with van der Waals surface area (Å²) < 4.78 is 39.9. The molecule has 160 valence electrons. The summed E-state index contributed by atoms with van der Waals surface area (Å²) in [6.45, 7) is 0.488. The molecule has 1 atom stereocenters. The zero-order valence-electron chi connectivity index (χ0n) is 16.1. The Balaban J connectivity index is 1.49. The SMILES string of the molecule is O=C(CC1CCCN(S(=O)(=O)c2ccc(F)cc2)C1)ONNC(=O)c1ccccc1. The number of rotatable bonds is 7. The molecule has 1 aliphatic heterocycles. The summed E-state index contributed by atoms with van der Waals surface area (Å²) in [5.41, 5.74) is 4.78. The van der Waals surface area contributed by atoms with E-state index >= 15 is 0 Å². The second-order valence-electron chi connectivity index (χ2n) is 6.93. The molecule has 1 fully saturated rings. The zero-order chi connectivity index (χ0) is 21.6. The van der Waals surface area contributed by atoms with E-state index in [0.717, 1.165) is 12.1 Å². The quantitative estimate of drug-likeness (QED) is 0.645. The molecule has 2 aromatic carbocycles. The van der Waals surface area contributed by atoms with Crippen LogP contribution in [0, 0.1) is 11.7 Å². The van der Waals surface area contributed by atoms with Gasteiger partial charge in [-0.15, -0.1) is 0 Å². The number of benzene rings is 2. The van der Waals surface area contributed by atoms with Gasteiger partial charge in [0.2, 0.25) is 10.0 Å². The highest BCUT2D eigenvalue weighted by atomic mass is 32.2. The topological polar surface area (TPSA) is 105 Å². The molecule has 0 bridgehead atoms. The highest BCUT2D eigenvalue weighted by Crippen LogP contribution is 2.25. The van der Waals surface area contributed by atoms with Crippen LogP contribution in [0.2, 0.25) is 0 Å². The molecule has 3 rings (SSSR count). The summed E-state index contributed by atoms with van der Waals surface area (Å²) in [4.78, 5) is 28.7. The lowest BCUT2D eigenvalue weighted by molar-refractivity contribution is -0.154. The molecule has 1 heterocycles. The number of carbonyl (C=O) groups excluding carboxylic acids is 2. The Morgan fingerprint density at radius 2 is 1.80 bits per heavy atom. The van der Waals surface area contributed by atoms with Gasteiger partial charge in [0.05, 0.1) is 11.3 Å². The molecule has 0 spiro atoms. The molecule has 2 aromatic rings. The molecule has 8 nitrogen and oxygen atoms in total. The number of piperidine rings is 1. The first-order chi connectivity index (χ1) is 14.4. The van der Waals surface area contributed by atoms with Crippen LogP contribution in [0.5, 0.6) is 0 Å². The molecule has 1 amide bonds. The van der Waals surface area contributed by atoms with Crippen LogP contribution in [-0.4, -0.2) is 37.7 Å². The maximum Gasteiger partial charge on any atom is 0.327 e. The van der Waals surface area contributed by atoms with Gasteiger partial charge in [0.15, 0.2) is 0 Å². The standard InChI is InChI=1S/C20H22FN3O5S/c21-17-8-10-18(11-9-17)30(27,28)24-12-4-5-15(14-24)13-19(25)29-23-22-20(26)16-6-2-1-3-7-16/h1-3,6-11,15,23H,4-5,12-14H2,(H,22,26). The van der Waals surface area contributed by atoms with E-state index in [1.54, 1.807) is 30.3 Å². The summed E-state index contributed by atoms with van der Waals surface area (Å²) in [5, 5.41) is 0. The summed E-state index contributed by atoms with van der Waals surface area (Å²) >= 11 is 0. The Labute approximate surface area is 174 Å². The monoisotopic (exact) mass is 435 g/mol. The fraction of sp³-hybridized carbons (Fsp3) is 0.300. The van der Waals surface area contributed by atoms with Crippen molar-refractivity contribution < 1.29 is 27.2 Å². The summed E-state index contributed by atoms with van der Waals surface area (Å²) in [7, 11) is -3.76. The first kappa shape index (κ1) is 21.9. The van der Waals surface area contributed by atoms with Crippen molar-refractivity contribution in [3.63, 3.8) is 0 Å². The lowest BCUT2D eigenvalue weighted by Crippen LogP contribution is -2.42. The molecule has 10 heteroatoms. The number of amides is 1. The van der Waals surface area contributed by atoms with Gasteiger partial charge in [-0.2, -0.15) is 4.31 Å². The van der Waals surface area contributed by atoms with Gasteiger partial charge in [0.25, 0.3) is 5.91 Å². The number of hydrogen-bond donors (Lipinski definition) is 2. The van der Waals surface area contributed by atoms with E-state index in [2.05, 4.69) is 11.0 Å². The van der Waals surface area contributed by atoms with Crippen molar-refractivity contribution in [3.8, 4) is 0 Å². The Morgan fingerprint density at radius 1 is 1.10 bits per heavy atom. The van der Waals surface area contributed by atoms with Crippen molar-refractivity contribution in [2.75, 3.05) is 13.1 Å². The smallest absolute Gasteiger partial charge is 0.327 e. The number of sulfonamides is 1. The number of carbonyl (C=O) groups is 2. The summed E-state index contributed by atoms with van der Waals surface area (Å²) in [6.07, 6.45) is 1.25. The number of nitrogens with one attached hydrogen (secondary N) is 2. The molecular formula is C20H22FN3O5S. The predicted molar refractivity (Wildman–Crippen MR) is 106 cm³/mol. The van der Waals surface area contributed by atoms with Crippen LogP contribution in [-0.2, 0) is 19.7 Å². The Morgan fingerprint density at radius 3 is 2.50 bits per heavy atom. The lowest BCUT2D eigenvalue weighted by Gasteiger charge is -2.31. The van der Waals surface area contributed by atoms with Crippen LogP contribution in [0.3, 0.4) is 0 Å². The fourth-order valence-electron chi connectivity index (χ4n) is 3.24. The largest absolute Gasteiger partial charge is 0.351 e. The van der Waals surface area contributed by atoms with Gasteiger partial charge in [0.1, 0.15) is 5.82 Å². The molecule has 1 saturated heterocycles. The van der Waals surface area contributed by atoms with E-state index in [-0.39, 0.29) is 23.8 Å². The molecular weight excluding hydrogens is 413 g/mol. The van der Waals surface area contributed by atoms with Gasteiger partial charge < -0.3 is 4.84 Å². The average Bonchev–Trinajstić information content (AvgIpc) is 2.75. The molecule has 2 N–H and O–H groups in total. The minimum absolute atomic E-state index is 0.0103. The van der Waals surface area contributed by atoms with Gasteiger partial charge in [0, 0.05) is 18.7 Å².